The van der Waals surface area contributed by atoms with Gasteiger partial charge in [-0.25, -0.2) is 0 Å². The highest BCUT2D eigenvalue weighted by molar-refractivity contribution is 6.42. The molecule has 0 radical (unpaired) electrons. The van der Waals surface area contributed by atoms with Crippen LogP contribution in [0.3, 0.4) is 0 Å². The molecular weight excluding hydrogens is 373 g/mol. The largest absolute Gasteiger partial charge is 0.325 e. The molecule has 26 heavy (non-hydrogen) atoms. The van der Waals surface area contributed by atoms with Gasteiger partial charge in [0.1, 0.15) is 0 Å². The number of aryl methyl sites for hydroxylation is 1. The molecule has 2 amide bonds. The molecule has 0 saturated carbocycles. The molecule has 2 rings (SSSR count). The Bertz CT molecular complexity index is 811. The fourth-order valence-corrected chi connectivity index (χ4v) is 2.61. The first-order chi connectivity index (χ1) is 12.3. The molecule has 0 spiro atoms. The summed E-state index contributed by atoms with van der Waals surface area (Å²) < 4.78 is 0. The Balaban J connectivity index is 1.90. The van der Waals surface area contributed by atoms with Gasteiger partial charge in [-0.3, -0.25) is 14.5 Å². The second-order valence-corrected chi connectivity index (χ2v) is 6.94. The zero-order chi connectivity index (χ0) is 19.3. The van der Waals surface area contributed by atoms with Crippen LogP contribution in [-0.4, -0.2) is 36.3 Å². The number of nitrogens with one attached hydrogen (secondary N) is 2. The van der Waals surface area contributed by atoms with E-state index in [1.54, 1.807) is 37.1 Å². The molecular formula is C19H21Cl2N3O2. The van der Waals surface area contributed by atoms with Crippen molar-refractivity contribution in [2.45, 2.75) is 19.9 Å². The van der Waals surface area contributed by atoms with E-state index >= 15 is 0 Å². The van der Waals surface area contributed by atoms with E-state index in [9.17, 15) is 9.59 Å². The van der Waals surface area contributed by atoms with Crippen molar-refractivity contribution >= 4 is 46.4 Å². The van der Waals surface area contributed by atoms with Gasteiger partial charge in [0.15, 0.2) is 0 Å². The van der Waals surface area contributed by atoms with Crippen molar-refractivity contribution in [1.82, 2.24) is 4.90 Å². The Labute approximate surface area is 163 Å². The zero-order valence-corrected chi connectivity index (χ0v) is 16.4. The molecule has 0 aliphatic rings. The highest BCUT2D eigenvalue weighted by Crippen LogP contribution is 2.25. The van der Waals surface area contributed by atoms with E-state index in [2.05, 4.69) is 10.6 Å². The average molecular weight is 394 g/mol. The molecule has 1 atom stereocenters. The SMILES string of the molecule is Cc1cccc(NC(=O)C(C)N(C)CC(=O)Nc2ccc(Cl)c(Cl)c2)c1. The number of carbonyl (C=O) groups is 2. The molecule has 0 aliphatic carbocycles. The molecule has 7 heteroatoms. The topological polar surface area (TPSA) is 61.4 Å². The van der Waals surface area contributed by atoms with Gasteiger partial charge in [0, 0.05) is 11.4 Å². The second kappa shape index (κ2) is 9.03. The van der Waals surface area contributed by atoms with Crippen molar-refractivity contribution in [3.8, 4) is 0 Å². The Kier molecular flexibility index (Phi) is 7.03. The molecule has 0 bridgehead atoms. The quantitative estimate of drug-likeness (QED) is 0.772. The van der Waals surface area contributed by atoms with Gasteiger partial charge in [0.2, 0.25) is 11.8 Å². The molecule has 2 aromatic rings. The molecule has 2 aromatic carbocycles. The zero-order valence-electron chi connectivity index (χ0n) is 14.8. The van der Waals surface area contributed by atoms with Crippen LogP contribution in [0, 0.1) is 6.92 Å². The summed E-state index contributed by atoms with van der Waals surface area (Å²) in [6.45, 7) is 3.76. The van der Waals surface area contributed by atoms with Crippen LogP contribution in [0.2, 0.25) is 10.0 Å². The Morgan fingerprint density at radius 3 is 2.38 bits per heavy atom. The lowest BCUT2D eigenvalue weighted by molar-refractivity contribution is -0.122. The highest BCUT2D eigenvalue weighted by Gasteiger charge is 2.20. The maximum absolute atomic E-state index is 12.4. The van der Waals surface area contributed by atoms with Crippen LogP contribution >= 0.6 is 23.2 Å². The van der Waals surface area contributed by atoms with Crippen molar-refractivity contribution in [3.63, 3.8) is 0 Å². The van der Waals surface area contributed by atoms with E-state index < -0.39 is 6.04 Å². The van der Waals surface area contributed by atoms with E-state index in [-0.39, 0.29) is 18.4 Å². The number of benzene rings is 2. The average Bonchev–Trinajstić information content (AvgIpc) is 2.57. The summed E-state index contributed by atoms with van der Waals surface area (Å²) in [6, 6.07) is 11.9. The number of nitrogens with zero attached hydrogens (tertiary/aromatic N) is 1. The third-order valence-corrected chi connectivity index (χ3v) is 4.66. The van der Waals surface area contributed by atoms with E-state index in [1.165, 1.54) is 0 Å². The monoisotopic (exact) mass is 393 g/mol. The summed E-state index contributed by atoms with van der Waals surface area (Å²) in [5.74, 6) is -0.429. The minimum absolute atomic E-state index is 0.0582. The molecule has 1 unspecified atom stereocenters. The van der Waals surface area contributed by atoms with Crippen molar-refractivity contribution in [2.75, 3.05) is 24.2 Å². The highest BCUT2D eigenvalue weighted by atomic mass is 35.5. The van der Waals surface area contributed by atoms with E-state index in [0.29, 0.717) is 15.7 Å². The number of hydrogen-bond donors (Lipinski definition) is 2. The lowest BCUT2D eigenvalue weighted by Gasteiger charge is -2.23. The van der Waals surface area contributed by atoms with E-state index in [1.807, 2.05) is 31.2 Å². The van der Waals surface area contributed by atoms with Crippen molar-refractivity contribution in [2.24, 2.45) is 0 Å². The summed E-state index contributed by atoms with van der Waals surface area (Å²) in [5, 5.41) is 6.38. The minimum Gasteiger partial charge on any atom is -0.325 e. The lowest BCUT2D eigenvalue weighted by atomic mass is 10.2. The molecule has 0 aromatic heterocycles. The summed E-state index contributed by atoms with van der Waals surface area (Å²) in [4.78, 5) is 26.2. The summed E-state index contributed by atoms with van der Waals surface area (Å²) in [7, 11) is 1.72. The number of amides is 2. The van der Waals surface area contributed by atoms with Gasteiger partial charge in [-0.1, -0.05) is 35.3 Å². The molecule has 138 valence electrons. The van der Waals surface area contributed by atoms with Crippen LogP contribution in [0.5, 0.6) is 0 Å². The Morgan fingerprint density at radius 2 is 1.73 bits per heavy atom. The normalized spacial score (nSPS) is 11.9. The Morgan fingerprint density at radius 1 is 1.04 bits per heavy atom. The third kappa shape index (κ3) is 5.73. The molecule has 2 N–H and O–H groups in total. The predicted octanol–water partition coefficient (Wildman–Crippen LogP) is 4.20. The summed E-state index contributed by atoms with van der Waals surface area (Å²) in [5.41, 5.74) is 2.34. The van der Waals surface area contributed by atoms with Gasteiger partial charge in [-0.15, -0.1) is 0 Å². The number of halogens is 2. The molecule has 0 fully saturated rings. The van der Waals surface area contributed by atoms with Crippen LogP contribution < -0.4 is 10.6 Å². The Hall–Kier alpha value is -2.08. The van der Waals surface area contributed by atoms with Crippen molar-refractivity contribution in [3.05, 3.63) is 58.1 Å². The minimum atomic E-state index is -0.477. The smallest absolute Gasteiger partial charge is 0.241 e. The van der Waals surface area contributed by atoms with E-state index in [4.69, 9.17) is 23.2 Å². The lowest BCUT2D eigenvalue weighted by Crippen LogP contribution is -2.43. The fourth-order valence-electron chi connectivity index (χ4n) is 2.31. The van der Waals surface area contributed by atoms with Gasteiger partial charge >= 0.3 is 0 Å². The predicted molar refractivity (Wildman–Crippen MR) is 107 cm³/mol. The molecule has 5 nitrogen and oxygen atoms in total. The molecule has 0 heterocycles. The van der Waals surface area contributed by atoms with Gasteiger partial charge in [-0.2, -0.15) is 0 Å². The van der Waals surface area contributed by atoms with Crippen molar-refractivity contribution in [1.29, 1.82) is 0 Å². The maximum atomic E-state index is 12.4. The number of likely N-dealkylation sites (N-methyl/N-ethyl adjacent to an activating group) is 1. The fraction of sp³-hybridized carbons (Fsp3) is 0.263. The maximum Gasteiger partial charge on any atom is 0.241 e. The standard InChI is InChI=1S/C19H21Cl2N3O2/c1-12-5-4-6-14(9-12)23-19(26)13(2)24(3)11-18(25)22-15-7-8-16(20)17(21)10-15/h4-10,13H,11H2,1-3H3,(H,22,25)(H,23,26). The van der Waals surface area contributed by atoms with Crippen LogP contribution in [0.25, 0.3) is 0 Å². The van der Waals surface area contributed by atoms with Crippen LogP contribution in [0.1, 0.15) is 12.5 Å². The van der Waals surface area contributed by atoms with Crippen LogP contribution in [0.4, 0.5) is 11.4 Å². The first kappa shape index (κ1) is 20.2. The second-order valence-electron chi connectivity index (χ2n) is 6.13. The van der Waals surface area contributed by atoms with Gasteiger partial charge < -0.3 is 10.6 Å². The first-order valence-electron chi connectivity index (χ1n) is 8.09. The van der Waals surface area contributed by atoms with E-state index in [0.717, 1.165) is 11.3 Å². The van der Waals surface area contributed by atoms with Gasteiger partial charge in [0.05, 0.1) is 22.6 Å². The first-order valence-corrected chi connectivity index (χ1v) is 8.84. The number of anilines is 2. The third-order valence-electron chi connectivity index (χ3n) is 3.92. The molecule has 0 aliphatic heterocycles. The van der Waals surface area contributed by atoms with Gasteiger partial charge in [-0.05, 0) is 56.8 Å². The number of carbonyl (C=O) groups excluding carboxylic acids is 2. The molecule has 0 saturated heterocycles. The summed E-state index contributed by atoms with van der Waals surface area (Å²) >= 11 is 11.8. The number of hydrogen-bond acceptors (Lipinski definition) is 3. The number of rotatable bonds is 6. The van der Waals surface area contributed by atoms with Crippen LogP contribution in [0.15, 0.2) is 42.5 Å². The van der Waals surface area contributed by atoms with Crippen molar-refractivity contribution < 1.29 is 9.59 Å². The summed E-state index contributed by atoms with van der Waals surface area (Å²) in [6.07, 6.45) is 0. The van der Waals surface area contributed by atoms with Gasteiger partial charge in [0.25, 0.3) is 0 Å². The van der Waals surface area contributed by atoms with Crippen LogP contribution in [-0.2, 0) is 9.59 Å².